The Balaban J connectivity index is 1.74. The SMILES string of the molecule is CC(C)N1CCC2(CC1)N=C(c1ccccc1)C(=S)N2C(=O)c1ccccc1. The first-order valence-electron chi connectivity index (χ1n) is 9.85. The Kier molecular flexibility index (Phi) is 5.13. The van der Waals surface area contributed by atoms with Gasteiger partial charge in [-0.3, -0.25) is 14.7 Å². The molecule has 0 bridgehead atoms. The average molecular weight is 392 g/mol. The molecule has 0 N–H and O–H groups in total. The van der Waals surface area contributed by atoms with E-state index >= 15 is 0 Å². The molecular formula is C23H25N3OS. The van der Waals surface area contributed by atoms with E-state index in [4.69, 9.17) is 17.2 Å². The number of carbonyl (C=O) groups excluding carboxylic acids is 1. The van der Waals surface area contributed by atoms with Gasteiger partial charge in [-0.15, -0.1) is 0 Å². The number of carbonyl (C=O) groups is 1. The van der Waals surface area contributed by atoms with Gasteiger partial charge in [0.15, 0.2) is 0 Å². The molecule has 2 aliphatic rings. The minimum absolute atomic E-state index is 0.0571. The molecule has 1 spiro atoms. The minimum Gasteiger partial charge on any atom is -0.301 e. The molecule has 0 unspecified atom stereocenters. The molecule has 5 heteroatoms. The summed E-state index contributed by atoms with van der Waals surface area (Å²) in [6.07, 6.45) is 1.58. The Morgan fingerprint density at radius 1 is 1.00 bits per heavy atom. The zero-order valence-corrected chi connectivity index (χ0v) is 17.2. The standard InChI is InChI=1S/C23H25N3OS/c1-17(2)25-15-13-23(14-16-25)24-20(18-9-5-3-6-10-18)22(28)26(23)21(27)19-11-7-4-8-12-19/h3-12,17H,13-16H2,1-2H3. The van der Waals surface area contributed by atoms with Crippen LogP contribution in [0.2, 0.25) is 0 Å². The maximum atomic E-state index is 13.5. The second-order valence-corrected chi connectivity index (χ2v) is 8.14. The number of hydrogen-bond donors (Lipinski definition) is 0. The summed E-state index contributed by atoms with van der Waals surface area (Å²) in [4.78, 5) is 23.3. The first kappa shape index (κ1) is 19.0. The first-order chi connectivity index (χ1) is 13.5. The monoisotopic (exact) mass is 391 g/mol. The van der Waals surface area contributed by atoms with Gasteiger partial charge in [0.2, 0.25) is 0 Å². The van der Waals surface area contributed by atoms with Gasteiger partial charge < -0.3 is 4.90 Å². The van der Waals surface area contributed by atoms with Gasteiger partial charge in [0.05, 0.1) is 0 Å². The zero-order valence-electron chi connectivity index (χ0n) is 16.3. The van der Waals surface area contributed by atoms with Crippen LogP contribution in [-0.2, 0) is 0 Å². The number of amides is 1. The van der Waals surface area contributed by atoms with E-state index in [-0.39, 0.29) is 5.91 Å². The van der Waals surface area contributed by atoms with Crippen LogP contribution in [0.3, 0.4) is 0 Å². The molecule has 2 aromatic carbocycles. The topological polar surface area (TPSA) is 35.9 Å². The summed E-state index contributed by atoms with van der Waals surface area (Å²) in [6.45, 7) is 6.24. The van der Waals surface area contributed by atoms with Crippen molar-refractivity contribution in [3.05, 3.63) is 71.8 Å². The predicted octanol–water partition coefficient (Wildman–Crippen LogP) is 4.16. The van der Waals surface area contributed by atoms with Crippen LogP contribution in [-0.4, -0.2) is 51.2 Å². The third-order valence-corrected chi connectivity index (χ3v) is 6.12. The fourth-order valence-corrected chi connectivity index (χ4v) is 4.53. The van der Waals surface area contributed by atoms with Crippen LogP contribution < -0.4 is 0 Å². The van der Waals surface area contributed by atoms with Gasteiger partial charge in [-0.05, 0) is 26.0 Å². The van der Waals surface area contributed by atoms with Crippen LogP contribution in [0.1, 0.15) is 42.6 Å². The molecular weight excluding hydrogens is 366 g/mol. The lowest BCUT2D eigenvalue weighted by molar-refractivity contribution is 0.0482. The second-order valence-electron chi connectivity index (χ2n) is 7.75. The van der Waals surface area contributed by atoms with Crippen molar-refractivity contribution >= 4 is 28.8 Å². The maximum Gasteiger partial charge on any atom is 0.260 e. The van der Waals surface area contributed by atoms with Gasteiger partial charge >= 0.3 is 0 Å². The largest absolute Gasteiger partial charge is 0.301 e. The molecule has 0 atom stereocenters. The summed E-state index contributed by atoms with van der Waals surface area (Å²) in [5, 5.41) is 0. The smallest absolute Gasteiger partial charge is 0.260 e. The highest BCUT2D eigenvalue weighted by atomic mass is 32.1. The Morgan fingerprint density at radius 2 is 1.57 bits per heavy atom. The number of aliphatic imine (C=N–C) groups is 1. The van der Waals surface area contributed by atoms with Crippen molar-refractivity contribution in [1.29, 1.82) is 0 Å². The van der Waals surface area contributed by atoms with Crippen molar-refractivity contribution in [3.8, 4) is 0 Å². The van der Waals surface area contributed by atoms with Crippen molar-refractivity contribution < 1.29 is 4.79 Å². The van der Waals surface area contributed by atoms with E-state index in [0.29, 0.717) is 16.6 Å². The summed E-state index contributed by atoms with van der Waals surface area (Å²) < 4.78 is 0. The Labute approximate surface area is 171 Å². The van der Waals surface area contributed by atoms with E-state index in [1.807, 2.05) is 60.7 Å². The van der Waals surface area contributed by atoms with Crippen molar-refractivity contribution in [3.63, 3.8) is 0 Å². The number of likely N-dealkylation sites (tertiary alicyclic amines) is 1. The number of benzene rings is 2. The average Bonchev–Trinajstić information content (AvgIpc) is 3.01. The van der Waals surface area contributed by atoms with E-state index in [1.165, 1.54) is 0 Å². The van der Waals surface area contributed by atoms with E-state index in [9.17, 15) is 4.79 Å². The third kappa shape index (κ3) is 3.29. The van der Waals surface area contributed by atoms with Crippen molar-refractivity contribution in [1.82, 2.24) is 9.80 Å². The summed E-state index contributed by atoms with van der Waals surface area (Å²) in [6, 6.07) is 19.8. The first-order valence-corrected chi connectivity index (χ1v) is 10.3. The molecule has 0 saturated carbocycles. The molecule has 0 aromatic heterocycles. The number of hydrogen-bond acceptors (Lipinski definition) is 4. The normalized spacial score (nSPS) is 19.3. The molecule has 0 radical (unpaired) electrons. The second kappa shape index (κ2) is 7.57. The summed E-state index contributed by atoms with van der Waals surface area (Å²) in [5.41, 5.74) is 1.81. The fourth-order valence-electron chi connectivity index (χ4n) is 4.11. The lowest BCUT2D eigenvalue weighted by Crippen LogP contribution is -2.56. The predicted molar refractivity (Wildman–Crippen MR) is 117 cm³/mol. The Hall–Kier alpha value is -2.37. The molecule has 2 aromatic rings. The van der Waals surface area contributed by atoms with Gasteiger partial charge in [-0.2, -0.15) is 0 Å². The van der Waals surface area contributed by atoms with Gasteiger partial charge in [-0.25, -0.2) is 0 Å². The highest BCUT2D eigenvalue weighted by molar-refractivity contribution is 7.82. The molecule has 144 valence electrons. The Bertz CT molecular complexity index is 900. The van der Waals surface area contributed by atoms with Gasteiger partial charge in [0.25, 0.3) is 5.91 Å². The quantitative estimate of drug-likeness (QED) is 0.737. The molecule has 1 fully saturated rings. The van der Waals surface area contributed by atoms with E-state index in [1.54, 1.807) is 4.90 Å². The molecule has 0 aliphatic carbocycles. The molecule has 4 nitrogen and oxygen atoms in total. The number of thiocarbonyl (C=S) groups is 1. The van der Waals surface area contributed by atoms with Crippen LogP contribution in [0.15, 0.2) is 65.7 Å². The summed E-state index contributed by atoms with van der Waals surface area (Å²) in [7, 11) is 0. The molecule has 1 saturated heterocycles. The Morgan fingerprint density at radius 3 is 2.14 bits per heavy atom. The van der Waals surface area contributed by atoms with E-state index < -0.39 is 5.66 Å². The molecule has 2 heterocycles. The molecule has 28 heavy (non-hydrogen) atoms. The van der Waals surface area contributed by atoms with Crippen LogP contribution in [0.5, 0.6) is 0 Å². The van der Waals surface area contributed by atoms with Crippen molar-refractivity contribution in [2.24, 2.45) is 4.99 Å². The molecule has 4 rings (SSSR count). The maximum absolute atomic E-state index is 13.5. The van der Waals surface area contributed by atoms with Crippen LogP contribution in [0.4, 0.5) is 0 Å². The van der Waals surface area contributed by atoms with Crippen LogP contribution in [0.25, 0.3) is 0 Å². The van der Waals surface area contributed by atoms with Gasteiger partial charge in [-0.1, -0.05) is 60.7 Å². The van der Waals surface area contributed by atoms with Gasteiger partial charge in [0, 0.05) is 43.1 Å². The van der Waals surface area contributed by atoms with Crippen molar-refractivity contribution in [2.75, 3.05) is 13.1 Å². The zero-order chi connectivity index (χ0) is 19.7. The van der Waals surface area contributed by atoms with Gasteiger partial charge in [0.1, 0.15) is 16.4 Å². The number of piperidine rings is 1. The summed E-state index contributed by atoms with van der Waals surface area (Å²) in [5.74, 6) is -0.0571. The van der Waals surface area contributed by atoms with E-state index in [2.05, 4.69) is 18.7 Å². The minimum atomic E-state index is -0.583. The third-order valence-electron chi connectivity index (χ3n) is 5.74. The summed E-state index contributed by atoms with van der Waals surface area (Å²) >= 11 is 5.82. The van der Waals surface area contributed by atoms with Crippen LogP contribution >= 0.6 is 12.2 Å². The lowest BCUT2D eigenvalue weighted by atomic mass is 9.94. The number of rotatable bonds is 3. The van der Waals surface area contributed by atoms with Crippen molar-refractivity contribution in [2.45, 2.75) is 38.4 Å². The van der Waals surface area contributed by atoms with Crippen LogP contribution in [0, 0.1) is 0 Å². The highest BCUT2D eigenvalue weighted by Crippen LogP contribution is 2.38. The highest BCUT2D eigenvalue weighted by Gasteiger charge is 2.50. The number of nitrogens with zero attached hydrogens (tertiary/aromatic N) is 3. The fraction of sp³-hybridized carbons (Fsp3) is 0.348. The van der Waals surface area contributed by atoms with E-state index in [0.717, 1.165) is 37.2 Å². The molecule has 1 amide bonds. The lowest BCUT2D eigenvalue weighted by Gasteiger charge is -2.43. The molecule has 2 aliphatic heterocycles.